The highest BCUT2D eigenvalue weighted by atomic mass is 16.2. The zero-order valence-corrected chi connectivity index (χ0v) is 16.3. The number of carbonyl (C=O) groups is 1. The van der Waals surface area contributed by atoms with Crippen molar-refractivity contribution in [2.45, 2.75) is 44.7 Å². The fourth-order valence-corrected chi connectivity index (χ4v) is 5.10. The number of hydrogen-bond donors (Lipinski definition) is 1. The van der Waals surface area contributed by atoms with Crippen molar-refractivity contribution in [2.75, 3.05) is 26.7 Å². The van der Waals surface area contributed by atoms with Crippen LogP contribution in [-0.2, 0) is 13.5 Å². The third-order valence-corrected chi connectivity index (χ3v) is 6.41. The van der Waals surface area contributed by atoms with Crippen LogP contribution in [0, 0.1) is 0 Å². The number of piperidine rings is 1. The van der Waals surface area contributed by atoms with Gasteiger partial charge < -0.3 is 19.7 Å². The van der Waals surface area contributed by atoms with Gasteiger partial charge in [-0.2, -0.15) is 0 Å². The normalized spacial score (nSPS) is 25.2. The van der Waals surface area contributed by atoms with Crippen LogP contribution in [0.1, 0.15) is 37.3 Å². The molecule has 140 valence electrons. The molecule has 0 radical (unpaired) electrons. The van der Waals surface area contributed by atoms with Crippen LogP contribution in [0.4, 0.5) is 4.79 Å². The van der Waals surface area contributed by atoms with Gasteiger partial charge >= 0.3 is 6.03 Å². The van der Waals surface area contributed by atoms with Crippen molar-refractivity contribution < 1.29 is 4.79 Å². The maximum absolute atomic E-state index is 12.5. The van der Waals surface area contributed by atoms with E-state index in [-0.39, 0.29) is 12.1 Å². The summed E-state index contributed by atoms with van der Waals surface area (Å²) < 4.78 is 2.26. The maximum atomic E-state index is 12.5. The van der Waals surface area contributed by atoms with Crippen LogP contribution < -0.4 is 5.32 Å². The topological polar surface area (TPSA) is 40.5 Å². The largest absolute Gasteiger partial charge is 0.350 e. The van der Waals surface area contributed by atoms with E-state index in [0.29, 0.717) is 12.0 Å². The summed E-state index contributed by atoms with van der Waals surface area (Å²) in [6, 6.07) is 7.50. The number of aryl methyl sites for hydroxylation is 1. The Morgan fingerprint density at radius 1 is 1.27 bits per heavy atom. The fourth-order valence-electron chi connectivity index (χ4n) is 5.10. The molecule has 1 N–H and O–H groups in total. The number of nitrogens with zero attached hydrogens (tertiary/aromatic N) is 3. The van der Waals surface area contributed by atoms with Crippen molar-refractivity contribution in [3.05, 3.63) is 35.5 Å². The molecule has 1 aromatic carbocycles. The van der Waals surface area contributed by atoms with E-state index in [0.717, 1.165) is 32.5 Å². The average molecular weight is 354 g/mol. The summed E-state index contributed by atoms with van der Waals surface area (Å²) in [5, 5.41) is 4.73. The first-order chi connectivity index (χ1) is 12.5. The second-order valence-corrected chi connectivity index (χ2v) is 7.88. The van der Waals surface area contributed by atoms with E-state index in [4.69, 9.17) is 0 Å². The van der Waals surface area contributed by atoms with Crippen molar-refractivity contribution in [3.8, 4) is 0 Å². The summed E-state index contributed by atoms with van der Waals surface area (Å²) in [5.41, 5.74) is 4.26. The summed E-state index contributed by atoms with van der Waals surface area (Å²) >= 11 is 0. The van der Waals surface area contributed by atoms with E-state index < -0.39 is 0 Å². The van der Waals surface area contributed by atoms with Crippen molar-refractivity contribution in [1.82, 2.24) is 19.7 Å². The zero-order chi connectivity index (χ0) is 18.4. The molecular weight excluding hydrogens is 324 g/mol. The minimum Gasteiger partial charge on any atom is -0.350 e. The van der Waals surface area contributed by atoms with Crippen molar-refractivity contribution in [1.29, 1.82) is 0 Å². The Morgan fingerprint density at radius 2 is 2.04 bits per heavy atom. The highest BCUT2D eigenvalue weighted by Gasteiger charge is 2.40. The SMILES string of the molecule is CCN(CC)C(=O)N[C@H]1C[C@@H]2c3cccc4c3c(cn4C)C[C@H]2N(C)C1. The first kappa shape index (κ1) is 17.4. The van der Waals surface area contributed by atoms with Crippen molar-refractivity contribution in [2.24, 2.45) is 7.05 Å². The van der Waals surface area contributed by atoms with Gasteiger partial charge in [0.15, 0.2) is 0 Å². The van der Waals surface area contributed by atoms with Gasteiger partial charge in [-0.15, -0.1) is 0 Å². The minimum atomic E-state index is 0.0706. The second-order valence-electron chi connectivity index (χ2n) is 7.88. The molecule has 2 aliphatic rings. The van der Waals surface area contributed by atoms with Gasteiger partial charge in [0.2, 0.25) is 0 Å². The Hall–Kier alpha value is -2.01. The molecule has 5 nitrogen and oxygen atoms in total. The summed E-state index contributed by atoms with van der Waals surface area (Å²) in [6.07, 6.45) is 4.42. The molecule has 1 aromatic heterocycles. The van der Waals surface area contributed by atoms with Crippen LogP contribution in [0.25, 0.3) is 10.9 Å². The van der Waals surface area contributed by atoms with Gasteiger partial charge in [-0.3, -0.25) is 0 Å². The molecule has 0 spiro atoms. The molecule has 1 saturated heterocycles. The number of rotatable bonds is 3. The number of urea groups is 1. The van der Waals surface area contributed by atoms with Crippen molar-refractivity contribution in [3.63, 3.8) is 0 Å². The van der Waals surface area contributed by atoms with Crippen LogP contribution in [0.3, 0.4) is 0 Å². The molecule has 26 heavy (non-hydrogen) atoms. The molecule has 1 fully saturated rings. The number of likely N-dealkylation sites (N-methyl/N-ethyl adjacent to an activating group) is 1. The molecule has 0 unspecified atom stereocenters. The number of likely N-dealkylation sites (tertiary alicyclic amines) is 1. The Morgan fingerprint density at radius 3 is 2.77 bits per heavy atom. The number of aromatic nitrogens is 1. The zero-order valence-electron chi connectivity index (χ0n) is 16.3. The maximum Gasteiger partial charge on any atom is 0.317 e. The van der Waals surface area contributed by atoms with Gasteiger partial charge in [-0.1, -0.05) is 12.1 Å². The van der Waals surface area contributed by atoms with Crippen LogP contribution in [-0.4, -0.2) is 59.2 Å². The van der Waals surface area contributed by atoms with Gasteiger partial charge in [-0.05, 0) is 50.9 Å². The minimum absolute atomic E-state index is 0.0706. The lowest BCUT2D eigenvalue weighted by molar-refractivity contribution is 0.124. The van der Waals surface area contributed by atoms with E-state index in [1.807, 2.05) is 18.7 Å². The molecule has 1 aliphatic carbocycles. The third kappa shape index (κ3) is 2.69. The van der Waals surface area contributed by atoms with E-state index in [2.05, 4.69) is 53.3 Å². The van der Waals surface area contributed by atoms with Crippen LogP contribution >= 0.6 is 0 Å². The predicted octanol–water partition coefficient (Wildman–Crippen LogP) is 2.94. The molecule has 2 aromatic rings. The smallest absolute Gasteiger partial charge is 0.317 e. The number of benzene rings is 1. The molecule has 2 amide bonds. The second kappa shape index (κ2) is 6.62. The first-order valence-corrected chi connectivity index (χ1v) is 9.85. The highest BCUT2D eigenvalue weighted by Crippen LogP contribution is 2.43. The molecule has 1 aliphatic heterocycles. The molecule has 5 heteroatoms. The summed E-state index contributed by atoms with van der Waals surface area (Å²) in [5.74, 6) is 0.481. The van der Waals surface area contributed by atoms with E-state index in [9.17, 15) is 4.79 Å². The number of nitrogens with one attached hydrogen (secondary N) is 1. The first-order valence-electron chi connectivity index (χ1n) is 9.85. The van der Waals surface area contributed by atoms with E-state index >= 15 is 0 Å². The Labute approximate surface area is 155 Å². The standard InChI is InChI=1S/C21H30N4O/c1-5-25(6-2)21(26)22-15-11-17-16-8-7-9-18-20(16)14(12-23(18)3)10-19(17)24(4)13-15/h7-9,12,15,17,19H,5-6,10-11,13H2,1-4H3,(H,22,26)/t15-,17+,19+/m0/s1. The lowest BCUT2D eigenvalue weighted by Gasteiger charge is -2.45. The van der Waals surface area contributed by atoms with Gasteiger partial charge in [0.05, 0.1) is 0 Å². The summed E-state index contributed by atoms with van der Waals surface area (Å²) in [7, 11) is 4.35. The molecular formula is C21H30N4O. The Kier molecular flexibility index (Phi) is 4.43. The van der Waals surface area contributed by atoms with Crippen molar-refractivity contribution >= 4 is 16.9 Å². The lowest BCUT2D eigenvalue weighted by atomic mass is 9.74. The van der Waals surface area contributed by atoms with Gasteiger partial charge in [0.1, 0.15) is 0 Å². The van der Waals surface area contributed by atoms with Gasteiger partial charge in [-0.25, -0.2) is 4.79 Å². The molecule has 2 heterocycles. The molecule has 0 saturated carbocycles. The van der Waals surface area contributed by atoms with E-state index in [1.165, 1.54) is 22.0 Å². The third-order valence-electron chi connectivity index (χ3n) is 6.41. The number of amides is 2. The van der Waals surface area contributed by atoms with Crippen LogP contribution in [0.5, 0.6) is 0 Å². The fraction of sp³-hybridized carbons (Fsp3) is 0.571. The molecule has 3 atom stereocenters. The van der Waals surface area contributed by atoms with Crippen LogP contribution in [0.15, 0.2) is 24.4 Å². The predicted molar refractivity (Wildman–Crippen MR) is 106 cm³/mol. The number of carbonyl (C=O) groups excluding carboxylic acids is 1. The Balaban J connectivity index is 1.63. The van der Waals surface area contributed by atoms with Crippen LogP contribution in [0.2, 0.25) is 0 Å². The van der Waals surface area contributed by atoms with Gasteiger partial charge in [0, 0.05) is 61.8 Å². The summed E-state index contributed by atoms with van der Waals surface area (Å²) in [4.78, 5) is 16.8. The summed E-state index contributed by atoms with van der Waals surface area (Å²) in [6.45, 7) is 6.50. The highest BCUT2D eigenvalue weighted by molar-refractivity contribution is 5.89. The monoisotopic (exact) mass is 354 g/mol. The molecule has 4 rings (SSSR count). The van der Waals surface area contributed by atoms with Gasteiger partial charge in [0.25, 0.3) is 0 Å². The molecule has 0 bridgehead atoms. The Bertz CT molecular complexity index is 823. The number of hydrogen-bond acceptors (Lipinski definition) is 2. The number of fused-ring (bicyclic) bond motifs is 2. The lowest BCUT2D eigenvalue weighted by Crippen LogP contribution is -2.56. The average Bonchev–Trinajstić information content (AvgIpc) is 2.94. The quantitative estimate of drug-likeness (QED) is 0.921. The van der Waals surface area contributed by atoms with E-state index in [1.54, 1.807) is 0 Å².